The summed E-state index contributed by atoms with van der Waals surface area (Å²) in [6, 6.07) is 5.26. The maximum Gasteiger partial charge on any atom is 0.253 e. The number of nitrogen functional groups attached to an aromatic ring is 1. The number of carbonyl (C=O) groups excluding carboxylic acids is 1. The standard InChI is InChI=1S/C15H20N4OS/c1-4-17-14(20)12-6-5-11(16)7-13(12)19-10(3)15-18-8-9(2)21-15/h5-8,10,19H,4,16H2,1-3H3,(H,17,20). The molecule has 112 valence electrons. The van der Waals surface area contributed by atoms with Crippen LogP contribution in [0.25, 0.3) is 0 Å². The Hall–Kier alpha value is -2.08. The maximum absolute atomic E-state index is 12.1. The summed E-state index contributed by atoms with van der Waals surface area (Å²) in [5.41, 5.74) is 7.77. The summed E-state index contributed by atoms with van der Waals surface area (Å²) in [5, 5.41) is 7.12. The fourth-order valence-corrected chi connectivity index (χ4v) is 2.78. The number of carbonyl (C=O) groups is 1. The van der Waals surface area contributed by atoms with E-state index in [0.29, 0.717) is 17.8 Å². The average Bonchev–Trinajstić information content (AvgIpc) is 2.86. The summed E-state index contributed by atoms with van der Waals surface area (Å²) >= 11 is 1.64. The van der Waals surface area contributed by atoms with Crippen LogP contribution in [0.5, 0.6) is 0 Å². The number of amides is 1. The molecule has 0 aliphatic carbocycles. The molecule has 21 heavy (non-hydrogen) atoms. The zero-order chi connectivity index (χ0) is 15.4. The number of benzene rings is 1. The molecule has 0 radical (unpaired) electrons. The highest BCUT2D eigenvalue weighted by molar-refractivity contribution is 7.11. The zero-order valence-corrected chi connectivity index (χ0v) is 13.3. The molecule has 0 bridgehead atoms. The van der Waals surface area contributed by atoms with Crippen LogP contribution in [-0.4, -0.2) is 17.4 Å². The zero-order valence-electron chi connectivity index (χ0n) is 12.4. The molecule has 1 unspecified atom stereocenters. The van der Waals surface area contributed by atoms with Crippen LogP contribution in [0.4, 0.5) is 11.4 Å². The Bertz CT molecular complexity index is 638. The van der Waals surface area contributed by atoms with E-state index < -0.39 is 0 Å². The summed E-state index contributed by atoms with van der Waals surface area (Å²) in [5.74, 6) is -0.109. The minimum Gasteiger partial charge on any atom is -0.399 e. The molecule has 1 atom stereocenters. The quantitative estimate of drug-likeness (QED) is 0.742. The van der Waals surface area contributed by atoms with Gasteiger partial charge in [-0.05, 0) is 39.0 Å². The molecule has 2 rings (SSSR count). The maximum atomic E-state index is 12.1. The van der Waals surface area contributed by atoms with E-state index in [9.17, 15) is 4.79 Å². The average molecular weight is 304 g/mol. The fraction of sp³-hybridized carbons (Fsp3) is 0.333. The SMILES string of the molecule is CCNC(=O)c1ccc(N)cc1NC(C)c1ncc(C)s1. The van der Waals surface area contributed by atoms with Crippen LogP contribution >= 0.6 is 11.3 Å². The molecule has 6 heteroatoms. The number of rotatable bonds is 5. The van der Waals surface area contributed by atoms with Gasteiger partial charge >= 0.3 is 0 Å². The molecular weight excluding hydrogens is 284 g/mol. The van der Waals surface area contributed by atoms with Crippen molar-refractivity contribution < 1.29 is 4.79 Å². The Balaban J connectivity index is 2.25. The van der Waals surface area contributed by atoms with Crippen LogP contribution < -0.4 is 16.4 Å². The van der Waals surface area contributed by atoms with Gasteiger partial charge in [0.1, 0.15) is 5.01 Å². The van der Waals surface area contributed by atoms with E-state index in [4.69, 9.17) is 5.73 Å². The third-order valence-electron chi connectivity index (χ3n) is 3.01. The number of nitrogens with two attached hydrogens (primary N) is 1. The van der Waals surface area contributed by atoms with Crippen molar-refractivity contribution in [3.05, 3.63) is 39.8 Å². The van der Waals surface area contributed by atoms with E-state index in [1.807, 2.05) is 27.0 Å². The van der Waals surface area contributed by atoms with Gasteiger partial charge in [-0.15, -0.1) is 11.3 Å². The monoisotopic (exact) mass is 304 g/mol. The summed E-state index contributed by atoms with van der Waals surface area (Å²) in [6.07, 6.45) is 1.85. The molecule has 0 fully saturated rings. The number of hydrogen-bond acceptors (Lipinski definition) is 5. The summed E-state index contributed by atoms with van der Waals surface area (Å²) in [7, 11) is 0. The normalized spacial score (nSPS) is 12.0. The minimum absolute atomic E-state index is 0.0127. The topological polar surface area (TPSA) is 80.0 Å². The lowest BCUT2D eigenvalue weighted by molar-refractivity contribution is 0.0956. The second-order valence-corrected chi connectivity index (χ2v) is 6.11. The van der Waals surface area contributed by atoms with Crippen molar-refractivity contribution in [1.82, 2.24) is 10.3 Å². The van der Waals surface area contributed by atoms with Gasteiger partial charge in [-0.3, -0.25) is 4.79 Å². The van der Waals surface area contributed by atoms with Crippen LogP contribution in [-0.2, 0) is 0 Å². The molecule has 2 aromatic rings. The molecule has 0 saturated carbocycles. The number of thiazole rings is 1. The van der Waals surface area contributed by atoms with Crippen molar-refractivity contribution >= 4 is 28.6 Å². The molecule has 4 N–H and O–H groups in total. The minimum atomic E-state index is -0.109. The smallest absolute Gasteiger partial charge is 0.253 e. The summed E-state index contributed by atoms with van der Waals surface area (Å²) in [4.78, 5) is 17.6. The lowest BCUT2D eigenvalue weighted by Gasteiger charge is -2.16. The van der Waals surface area contributed by atoms with Crippen molar-refractivity contribution in [2.45, 2.75) is 26.8 Å². The van der Waals surface area contributed by atoms with E-state index in [0.717, 1.165) is 15.6 Å². The van der Waals surface area contributed by atoms with Gasteiger partial charge in [0.05, 0.1) is 11.6 Å². The van der Waals surface area contributed by atoms with Gasteiger partial charge in [-0.25, -0.2) is 4.98 Å². The highest BCUT2D eigenvalue weighted by Crippen LogP contribution is 2.26. The number of anilines is 2. The van der Waals surface area contributed by atoms with E-state index in [1.54, 1.807) is 29.5 Å². The van der Waals surface area contributed by atoms with Gasteiger partial charge in [0.15, 0.2) is 0 Å². The highest BCUT2D eigenvalue weighted by atomic mass is 32.1. The van der Waals surface area contributed by atoms with Gasteiger partial charge in [-0.2, -0.15) is 0 Å². The van der Waals surface area contributed by atoms with Crippen molar-refractivity contribution in [2.24, 2.45) is 0 Å². The van der Waals surface area contributed by atoms with E-state index >= 15 is 0 Å². The van der Waals surface area contributed by atoms with Gasteiger partial charge in [0.2, 0.25) is 0 Å². The van der Waals surface area contributed by atoms with Gasteiger partial charge < -0.3 is 16.4 Å². The van der Waals surface area contributed by atoms with Crippen molar-refractivity contribution in [1.29, 1.82) is 0 Å². The van der Waals surface area contributed by atoms with E-state index in [-0.39, 0.29) is 11.9 Å². The van der Waals surface area contributed by atoms with Crippen molar-refractivity contribution in [2.75, 3.05) is 17.6 Å². The van der Waals surface area contributed by atoms with Crippen LogP contribution in [0.3, 0.4) is 0 Å². The molecule has 1 amide bonds. The Morgan fingerprint density at radius 3 is 2.86 bits per heavy atom. The first-order chi connectivity index (χ1) is 10.0. The molecule has 0 saturated heterocycles. The fourth-order valence-electron chi connectivity index (χ4n) is 2.00. The molecule has 0 aliphatic heterocycles. The molecule has 1 aromatic carbocycles. The molecule has 1 aromatic heterocycles. The molecule has 0 spiro atoms. The van der Waals surface area contributed by atoms with Crippen molar-refractivity contribution in [3.8, 4) is 0 Å². The first kappa shape index (κ1) is 15.3. The molecular formula is C15H20N4OS. The second kappa shape index (κ2) is 6.58. The van der Waals surface area contributed by atoms with E-state index in [1.165, 1.54) is 0 Å². The van der Waals surface area contributed by atoms with Crippen LogP contribution in [0.2, 0.25) is 0 Å². The lowest BCUT2D eigenvalue weighted by Crippen LogP contribution is -2.24. The highest BCUT2D eigenvalue weighted by Gasteiger charge is 2.15. The number of nitrogens with one attached hydrogen (secondary N) is 2. The molecule has 0 aliphatic rings. The number of hydrogen-bond donors (Lipinski definition) is 3. The molecule has 5 nitrogen and oxygen atoms in total. The second-order valence-electron chi connectivity index (χ2n) is 4.84. The Morgan fingerprint density at radius 2 is 2.24 bits per heavy atom. The van der Waals surface area contributed by atoms with Crippen LogP contribution in [0.1, 0.15) is 40.1 Å². The predicted molar refractivity (Wildman–Crippen MR) is 87.8 cm³/mol. The largest absolute Gasteiger partial charge is 0.399 e. The summed E-state index contributed by atoms with van der Waals surface area (Å²) in [6.45, 7) is 6.52. The number of aryl methyl sites for hydroxylation is 1. The Labute approximate surface area is 128 Å². The lowest BCUT2D eigenvalue weighted by atomic mass is 10.1. The van der Waals surface area contributed by atoms with Gasteiger partial charge in [0.25, 0.3) is 5.91 Å². The summed E-state index contributed by atoms with van der Waals surface area (Å²) < 4.78 is 0. The van der Waals surface area contributed by atoms with Crippen LogP contribution in [0.15, 0.2) is 24.4 Å². The number of nitrogens with zero attached hydrogens (tertiary/aromatic N) is 1. The third-order valence-corrected chi connectivity index (χ3v) is 4.10. The van der Waals surface area contributed by atoms with Gasteiger partial charge in [-0.1, -0.05) is 0 Å². The number of aromatic nitrogens is 1. The van der Waals surface area contributed by atoms with Crippen LogP contribution in [0, 0.1) is 6.92 Å². The third kappa shape index (κ3) is 3.72. The first-order valence-electron chi connectivity index (χ1n) is 6.87. The van der Waals surface area contributed by atoms with E-state index in [2.05, 4.69) is 15.6 Å². The first-order valence-corrected chi connectivity index (χ1v) is 7.69. The predicted octanol–water partition coefficient (Wildman–Crippen LogP) is 2.96. The molecule has 1 heterocycles. The Morgan fingerprint density at radius 1 is 1.48 bits per heavy atom. The Kier molecular flexibility index (Phi) is 4.80. The van der Waals surface area contributed by atoms with Gasteiger partial charge in [0, 0.05) is 29.0 Å². The van der Waals surface area contributed by atoms with Crippen molar-refractivity contribution in [3.63, 3.8) is 0 Å².